The van der Waals surface area contributed by atoms with Crippen LogP contribution in [0.4, 0.5) is 0 Å². The van der Waals surface area contributed by atoms with Gasteiger partial charge in [-0.2, -0.15) is 0 Å². The highest BCUT2D eigenvalue weighted by Crippen LogP contribution is 2.22. The van der Waals surface area contributed by atoms with Gasteiger partial charge in [-0.05, 0) is 30.4 Å². The summed E-state index contributed by atoms with van der Waals surface area (Å²) >= 11 is 0. The Morgan fingerprint density at radius 3 is 2.32 bits per heavy atom. The van der Waals surface area contributed by atoms with Gasteiger partial charge in [0.15, 0.2) is 5.96 Å². The molecule has 1 aromatic rings. The Bertz CT molecular complexity index is 614. The first-order valence-electron chi connectivity index (χ1n) is 10.3. The van der Waals surface area contributed by atoms with Crippen LogP contribution in [0.1, 0.15) is 45.7 Å². The Morgan fingerprint density at radius 2 is 1.75 bits per heavy atom. The van der Waals surface area contributed by atoms with Crippen LogP contribution in [-0.2, 0) is 16.7 Å². The molecule has 1 atom stereocenters. The maximum Gasteiger partial charge on any atom is 0.191 e. The van der Waals surface area contributed by atoms with Crippen molar-refractivity contribution in [1.82, 2.24) is 15.5 Å². The molecule has 0 amide bonds. The highest BCUT2D eigenvalue weighted by molar-refractivity contribution is 5.79. The van der Waals surface area contributed by atoms with E-state index in [1.165, 1.54) is 11.1 Å². The van der Waals surface area contributed by atoms with Crippen LogP contribution in [0.3, 0.4) is 0 Å². The quantitative estimate of drug-likeness (QED) is 0.492. The van der Waals surface area contributed by atoms with E-state index in [4.69, 9.17) is 4.74 Å². The standard InChI is InChI=1S/C22H38N4O2/c1-6-23-20(24-15-18-7-9-19(10-8-18)21(2,3)4)25-16-22(5,27)17-26-11-13-28-14-12-26/h7-10,27H,6,11-17H2,1-5H3,(H2,23,24,25). The summed E-state index contributed by atoms with van der Waals surface area (Å²) in [6.07, 6.45) is 0. The molecule has 6 heteroatoms. The lowest BCUT2D eigenvalue weighted by atomic mass is 9.87. The second-order valence-corrected chi connectivity index (χ2v) is 8.88. The molecule has 6 nitrogen and oxygen atoms in total. The number of guanidine groups is 1. The summed E-state index contributed by atoms with van der Waals surface area (Å²) in [6.45, 7) is 16.2. The Labute approximate surface area is 170 Å². The van der Waals surface area contributed by atoms with Gasteiger partial charge < -0.3 is 20.5 Å². The molecule has 0 radical (unpaired) electrons. The van der Waals surface area contributed by atoms with E-state index < -0.39 is 5.60 Å². The molecule has 1 saturated heterocycles. The number of morpholine rings is 1. The van der Waals surface area contributed by atoms with E-state index in [1.54, 1.807) is 0 Å². The SMILES string of the molecule is CCNC(=NCc1ccc(C(C)(C)C)cc1)NCC(C)(O)CN1CCOCC1. The second kappa shape index (κ2) is 10.2. The summed E-state index contributed by atoms with van der Waals surface area (Å²) in [5.74, 6) is 0.727. The molecule has 1 aliphatic heterocycles. The summed E-state index contributed by atoms with van der Waals surface area (Å²) in [7, 11) is 0. The highest BCUT2D eigenvalue weighted by Gasteiger charge is 2.25. The van der Waals surface area contributed by atoms with Crippen molar-refractivity contribution in [3.05, 3.63) is 35.4 Å². The maximum atomic E-state index is 10.7. The maximum absolute atomic E-state index is 10.7. The van der Waals surface area contributed by atoms with Gasteiger partial charge in [-0.25, -0.2) is 4.99 Å². The Balaban J connectivity index is 1.90. The number of aliphatic hydroxyl groups is 1. The molecular formula is C22H38N4O2. The van der Waals surface area contributed by atoms with Crippen LogP contribution in [0.15, 0.2) is 29.3 Å². The molecule has 1 aromatic carbocycles. The number of rotatable bonds is 7. The summed E-state index contributed by atoms with van der Waals surface area (Å²) in [5.41, 5.74) is 1.82. The topological polar surface area (TPSA) is 69.1 Å². The number of β-amino-alcohol motifs (C(OH)–C–C–N with tert-alkyl or cyclic N) is 1. The van der Waals surface area contributed by atoms with Gasteiger partial charge in [-0.15, -0.1) is 0 Å². The van der Waals surface area contributed by atoms with Crippen LogP contribution in [0.2, 0.25) is 0 Å². The summed E-state index contributed by atoms with van der Waals surface area (Å²) < 4.78 is 5.38. The van der Waals surface area contributed by atoms with Gasteiger partial charge in [0.1, 0.15) is 0 Å². The minimum atomic E-state index is -0.831. The first-order valence-corrected chi connectivity index (χ1v) is 10.3. The lowest BCUT2D eigenvalue weighted by Crippen LogP contribution is -2.52. The van der Waals surface area contributed by atoms with Crippen molar-refractivity contribution >= 4 is 5.96 Å². The number of aliphatic imine (C=N–C) groups is 1. The smallest absolute Gasteiger partial charge is 0.191 e. The van der Waals surface area contributed by atoms with Gasteiger partial charge in [0.2, 0.25) is 0 Å². The van der Waals surface area contributed by atoms with E-state index in [0.717, 1.165) is 38.8 Å². The van der Waals surface area contributed by atoms with Crippen LogP contribution < -0.4 is 10.6 Å². The molecule has 0 bridgehead atoms. The van der Waals surface area contributed by atoms with E-state index >= 15 is 0 Å². The monoisotopic (exact) mass is 390 g/mol. The van der Waals surface area contributed by atoms with Gasteiger partial charge in [0, 0.05) is 32.7 Å². The van der Waals surface area contributed by atoms with E-state index in [0.29, 0.717) is 19.6 Å². The van der Waals surface area contributed by atoms with Gasteiger partial charge >= 0.3 is 0 Å². The summed E-state index contributed by atoms with van der Waals surface area (Å²) in [5, 5.41) is 17.3. The fraction of sp³-hybridized carbons (Fsp3) is 0.682. The minimum Gasteiger partial charge on any atom is -0.387 e. The number of benzene rings is 1. The van der Waals surface area contributed by atoms with Crippen molar-refractivity contribution in [3.63, 3.8) is 0 Å². The molecule has 1 heterocycles. The molecule has 0 aromatic heterocycles. The molecule has 28 heavy (non-hydrogen) atoms. The fourth-order valence-corrected chi connectivity index (χ4v) is 3.19. The number of nitrogens with zero attached hydrogens (tertiary/aromatic N) is 2. The molecule has 0 spiro atoms. The molecule has 3 N–H and O–H groups in total. The normalized spacial score (nSPS) is 18.6. The van der Waals surface area contributed by atoms with E-state index in [2.05, 4.69) is 65.6 Å². The van der Waals surface area contributed by atoms with E-state index in [9.17, 15) is 5.11 Å². The molecule has 0 saturated carbocycles. The second-order valence-electron chi connectivity index (χ2n) is 8.88. The van der Waals surface area contributed by atoms with Crippen molar-refractivity contribution in [2.24, 2.45) is 4.99 Å². The van der Waals surface area contributed by atoms with Gasteiger partial charge in [0.25, 0.3) is 0 Å². The number of ether oxygens (including phenoxy) is 1. The fourth-order valence-electron chi connectivity index (χ4n) is 3.19. The zero-order chi connectivity index (χ0) is 20.6. The zero-order valence-corrected chi connectivity index (χ0v) is 18.2. The van der Waals surface area contributed by atoms with Crippen LogP contribution >= 0.6 is 0 Å². The number of nitrogens with one attached hydrogen (secondary N) is 2. The average Bonchev–Trinajstić information content (AvgIpc) is 2.64. The van der Waals surface area contributed by atoms with Crippen molar-refractivity contribution in [3.8, 4) is 0 Å². The minimum absolute atomic E-state index is 0.157. The van der Waals surface area contributed by atoms with Crippen LogP contribution in [-0.4, -0.2) is 67.5 Å². The van der Waals surface area contributed by atoms with Gasteiger partial charge in [-0.1, -0.05) is 45.0 Å². The van der Waals surface area contributed by atoms with Crippen molar-refractivity contribution in [2.75, 3.05) is 45.9 Å². The largest absolute Gasteiger partial charge is 0.387 e. The van der Waals surface area contributed by atoms with Gasteiger partial charge in [0.05, 0.1) is 25.4 Å². The first-order chi connectivity index (χ1) is 13.2. The Hall–Kier alpha value is -1.63. The Morgan fingerprint density at radius 1 is 1.11 bits per heavy atom. The molecule has 2 rings (SSSR count). The molecule has 158 valence electrons. The average molecular weight is 391 g/mol. The molecule has 0 aliphatic carbocycles. The summed E-state index contributed by atoms with van der Waals surface area (Å²) in [4.78, 5) is 6.92. The van der Waals surface area contributed by atoms with Crippen LogP contribution in [0, 0.1) is 0 Å². The molecule has 1 fully saturated rings. The number of hydrogen-bond donors (Lipinski definition) is 3. The van der Waals surface area contributed by atoms with Crippen molar-refractivity contribution in [1.29, 1.82) is 0 Å². The zero-order valence-electron chi connectivity index (χ0n) is 18.2. The predicted octanol–water partition coefficient (Wildman–Crippen LogP) is 2.12. The molecule has 1 aliphatic rings. The van der Waals surface area contributed by atoms with E-state index in [1.807, 2.05) is 13.8 Å². The first kappa shape index (κ1) is 22.7. The lowest BCUT2D eigenvalue weighted by Gasteiger charge is -2.34. The number of hydrogen-bond acceptors (Lipinski definition) is 4. The third-order valence-electron chi connectivity index (χ3n) is 4.89. The van der Waals surface area contributed by atoms with Crippen LogP contribution in [0.25, 0.3) is 0 Å². The molecular weight excluding hydrogens is 352 g/mol. The predicted molar refractivity (Wildman–Crippen MR) is 116 cm³/mol. The van der Waals surface area contributed by atoms with Crippen molar-refractivity contribution in [2.45, 2.75) is 52.2 Å². The van der Waals surface area contributed by atoms with Crippen LogP contribution in [0.5, 0.6) is 0 Å². The third kappa shape index (κ3) is 7.78. The summed E-state index contributed by atoms with van der Waals surface area (Å²) in [6, 6.07) is 8.64. The third-order valence-corrected chi connectivity index (χ3v) is 4.89. The lowest BCUT2D eigenvalue weighted by molar-refractivity contribution is -0.0201. The van der Waals surface area contributed by atoms with Gasteiger partial charge in [-0.3, -0.25) is 4.90 Å². The van der Waals surface area contributed by atoms with E-state index in [-0.39, 0.29) is 5.41 Å². The Kier molecular flexibility index (Phi) is 8.28. The molecule has 1 unspecified atom stereocenters. The van der Waals surface area contributed by atoms with Crippen molar-refractivity contribution < 1.29 is 9.84 Å². The highest BCUT2D eigenvalue weighted by atomic mass is 16.5.